The van der Waals surface area contributed by atoms with Gasteiger partial charge >= 0.3 is 0 Å². The molecule has 1 aromatic rings. The van der Waals surface area contributed by atoms with E-state index in [2.05, 4.69) is 23.1 Å². The Bertz CT molecular complexity index is 379. The van der Waals surface area contributed by atoms with Crippen LogP contribution in [0.3, 0.4) is 0 Å². The zero-order valence-corrected chi connectivity index (χ0v) is 12.1. The minimum absolute atomic E-state index is 0.299. The molecule has 0 saturated carbocycles. The largest absolute Gasteiger partial charge is 0.384 e. The molecule has 0 radical (unpaired) electrons. The number of aromatic nitrogens is 2. The molecule has 0 aromatic carbocycles. The molecule has 1 aliphatic rings. The number of methoxy groups -OCH3 is 1. The molecule has 1 aromatic heterocycles. The highest BCUT2D eigenvalue weighted by molar-refractivity contribution is 5.12. The second-order valence-corrected chi connectivity index (χ2v) is 5.39. The van der Waals surface area contributed by atoms with Gasteiger partial charge in [-0.25, -0.2) is 0 Å². The zero-order chi connectivity index (χ0) is 13.7. The number of rotatable bonds is 7. The van der Waals surface area contributed by atoms with Crippen molar-refractivity contribution in [1.82, 2.24) is 14.7 Å². The summed E-state index contributed by atoms with van der Waals surface area (Å²) in [6, 6.07) is 0.299. The van der Waals surface area contributed by atoms with Crippen LogP contribution in [0, 0.1) is 5.92 Å². The fourth-order valence-corrected chi connectivity index (χ4v) is 2.92. The molecule has 0 spiro atoms. The second-order valence-electron chi connectivity index (χ2n) is 5.39. The molecule has 2 N–H and O–H groups in total. The first-order valence-electron chi connectivity index (χ1n) is 7.23. The van der Waals surface area contributed by atoms with Gasteiger partial charge in [0.15, 0.2) is 0 Å². The summed E-state index contributed by atoms with van der Waals surface area (Å²) in [7, 11) is 1.78. The van der Waals surface area contributed by atoms with Crippen molar-refractivity contribution in [2.24, 2.45) is 11.7 Å². The Kier molecular flexibility index (Phi) is 5.36. The Hall–Kier alpha value is -0.910. The highest BCUT2D eigenvalue weighted by Crippen LogP contribution is 2.27. The average Bonchev–Trinajstić information content (AvgIpc) is 3.02. The number of nitrogens with zero attached hydrogens (tertiary/aromatic N) is 3. The Labute approximate surface area is 115 Å². The molecule has 2 heterocycles. The van der Waals surface area contributed by atoms with Crippen molar-refractivity contribution in [2.75, 3.05) is 33.4 Å². The van der Waals surface area contributed by atoms with Crippen LogP contribution in [0.2, 0.25) is 0 Å². The normalized spacial score (nSPS) is 21.9. The highest BCUT2D eigenvalue weighted by Gasteiger charge is 2.28. The first kappa shape index (κ1) is 14.5. The van der Waals surface area contributed by atoms with Gasteiger partial charge in [-0.2, -0.15) is 5.10 Å². The van der Waals surface area contributed by atoms with Crippen molar-refractivity contribution in [3.8, 4) is 0 Å². The van der Waals surface area contributed by atoms with Gasteiger partial charge in [0.25, 0.3) is 0 Å². The molecule has 0 bridgehead atoms. The lowest BCUT2D eigenvalue weighted by Gasteiger charge is -2.25. The number of nitrogens with two attached hydrogens (primary N) is 1. The summed E-state index contributed by atoms with van der Waals surface area (Å²) in [5.74, 6) is 0.643. The van der Waals surface area contributed by atoms with E-state index in [1.807, 2.05) is 10.9 Å². The first-order valence-corrected chi connectivity index (χ1v) is 7.23. The number of likely N-dealkylation sites (tertiary alicyclic amines) is 1. The van der Waals surface area contributed by atoms with Crippen molar-refractivity contribution in [3.63, 3.8) is 0 Å². The molecule has 108 valence electrons. The fraction of sp³-hybridized carbons (Fsp3) is 0.786. The summed E-state index contributed by atoms with van der Waals surface area (Å²) < 4.78 is 7.27. The van der Waals surface area contributed by atoms with E-state index in [1.165, 1.54) is 12.0 Å². The van der Waals surface area contributed by atoms with E-state index >= 15 is 0 Å². The van der Waals surface area contributed by atoms with Crippen molar-refractivity contribution in [1.29, 1.82) is 0 Å². The van der Waals surface area contributed by atoms with Gasteiger partial charge in [0.2, 0.25) is 0 Å². The molecule has 1 aliphatic heterocycles. The van der Waals surface area contributed by atoms with Crippen molar-refractivity contribution >= 4 is 0 Å². The van der Waals surface area contributed by atoms with Crippen molar-refractivity contribution in [2.45, 2.75) is 32.4 Å². The molecule has 0 aliphatic carbocycles. The molecule has 19 heavy (non-hydrogen) atoms. The Balaban J connectivity index is 1.99. The van der Waals surface area contributed by atoms with E-state index in [0.717, 1.165) is 32.7 Å². The quantitative estimate of drug-likeness (QED) is 0.807. The van der Waals surface area contributed by atoms with E-state index in [9.17, 15) is 0 Å². The van der Waals surface area contributed by atoms with Crippen LogP contribution in [-0.2, 0) is 11.3 Å². The highest BCUT2D eigenvalue weighted by atomic mass is 16.5. The van der Waals surface area contributed by atoms with E-state index < -0.39 is 0 Å². The Morgan fingerprint density at radius 1 is 1.58 bits per heavy atom. The summed E-state index contributed by atoms with van der Waals surface area (Å²) in [4.78, 5) is 2.47. The van der Waals surface area contributed by atoms with Gasteiger partial charge in [-0.05, 0) is 25.3 Å². The van der Waals surface area contributed by atoms with Gasteiger partial charge in [0, 0.05) is 38.5 Å². The third-order valence-electron chi connectivity index (χ3n) is 3.87. The van der Waals surface area contributed by atoms with Crippen LogP contribution >= 0.6 is 0 Å². The van der Waals surface area contributed by atoms with Crippen LogP contribution in [0.25, 0.3) is 0 Å². The maximum absolute atomic E-state index is 5.98. The number of ether oxygens (including phenoxy) is 1. The molecule has 2 unspecified atom stereocenters. The van der Waals surface area contributed by atoms with E-state index in [-0.39, 0.29) is 0 Å². The molecule has 0 amide bonds. The molecule has 2 atom stereocenters. The monoisotopic (exact) mass is 266 g/mol. The van der Waals surface area contributed by atoms with Gasteiger partial charge in [0.05, 0.1) is 18.8 Å². The van der Waals surface area contributed by atoms with Crippen LogP contribution < -0.4 is 5.73 Å². The predicted molar refractivity (Wildman–Crippen MR) is 75.9 cm³/mol. The topological polar surface area (TPSA) is 56.3 Å². The summed E-state index contributed by atoms with van der Waals surface area (Å²) in [6.45, 7) is 6.82. The number of aryl methyl sites for hydroxylation is 1. The third kappa shape index (κ3) is 3.55. The van der Waals surface area contributed by atoms with Gasteiger partial charge in [0.1, 0.15) is 0 Å². The maximum Gasteiger partial charge on any atom is 0.0538 e. The smallest absolute Gasteiger partial charge is 0.0538 e. The van der Waals surface area contributed by atoms with Crippen LogP contribution in [-0.4, -0.2) is 48.0 Å². The van der Waals surface area contributed by atoms with Gasteiger partial charge < -0.3 is 10.5 Å². The lowest BCUT2D eigenvalue weighted by molar-refractivity contribution is 0.147. The van der Waals surface area contributed by atoms with Crippen LogP contribution in [0.15, 0.2) is 12.4 Å². The standard InChI is InChI=1S/C14H26N4O/c1-3-5-18-10-13(8-16-18)14(7-15)17-6-4-12(9-17)11-19-2/h8,10,12,14H,3-7,9,11,15H2,1-2H3. The second kappa shape index (κ2) is 7.03. The molecule has 5 heteroatoms. The summed E-state index contributed by atoms with van der Waals surface area (Å²) >= 11 is 0. The first-order chi connectivity index (χ1) is 9.28. The van der Waals surface area contributed by atoms with E-state index in [1.54, 1.807) is 7.11 Å². The predicted octanol–water partition coefficient (Wildman–Crippen LogP) is 1.26. The zero-order valence-electron chi connectivity index (χ0n) is 12.1. The van der Waals surface area contributed by atoms with Crippen LogP contribution in [0.1, 0.15) is 31.4 Å². The molecule has 1 saturated heterocycles. The summed E-state index contributed by atoms with van der Waals surface area (Å²) in [5.41, 5.74) is 7.22. The third-order valence-corrected chi connectivity index (χ3v) is 3.87. The lowest BCUT2D eigenvalue weighted by Crippen LogP contribution is -2.32. The molecule has 1 fully saturated rings. The van der Waals surface area contributed by atoms with E-state index in [0.29, 0.717) is 18.5 Å². The SMILES string of the molecule is CCCn1cc(C(CN)N2CCC(COC)C2)cn1. The number of hydrogen-bond acceptors (Lipinski definition) is 4. The van der Waals surface area contributed by atoms with E-state index in [4.69, 9.17) is 10.5 Å². The van der Waals surface area contributed by atoms with Crippen molar-refractivity contribution in [3.05, 3.63) is 18.0 Å². The average molecular weight is 266 g/mol. The maximum atomic E-state index is 5.98. The summed E-state index contributed by atoms with van der Waals surface area (Å²) in [6.07, 6.45) is 6.42. The van der Waals surface area contributed by atoms with Crippen molar-refractivity contribution < 1.29 is 4.74 Å². The minimum Gasteiger partial charge on any atom is -0.384 e. The lowest BCUT2D eigenvalue weighted by atomic mass is 10.1. The number of hydrogen-bond donors (Lipinski definition) is 1. The fourth-order valence-electron chi connectivity index (χ4n) is 2.92. The van der Waals surface area contributed by atoms with Crippen LogP contribution in [0.4, 0.5) is 0 Å². The summed E-state index contributed by atoms with van der Waals surface area (Å²) in [5, 5.41) is 4.41. The molecule has 2 rings (SSSR count). The van der Waals surface area contributed by atoms with Gasteiger partial charge in [-0.15, -0.1) is 0 Å². The Morgan fingerprint density at radius 3 is 3.11 bits per heavy atom. The van der Waals surface area contributed by atoms with Gasteiger partial charge in [-0.3, -0.25) is 9.58 Å². The Morgan fingerprint density at radius 2 is 2.42 bits per heavy atom. The van der Waals surface area contributed by atoms with Gasteiger partial charge in [-0.1, -0.05) is 6.92 Å². The minimum atomic E-state index is 0.299. The molecular formula is C14H26N4O. The van der Waals surface area contributed by atoms with Crippen LogP contribution in [0.5, 0.6) is 0 Å². The molecular weight excluding hydrogens is 240 g/mol. The molecule has 5 nitrogen and oxygen atoms in total.